The fraction of sp³-hybridized carbons (Fsp3) is 0. The third-order valence-electron chi connectivity index (χ3n) is 10.8. The van der Waals surface area contributed by atoms with Gasteiger partial charge in [-0.2, -0.15) is 0 Å². The van der Waals surface area contributed by atoms with Gasteiger partial charge in [0.05, 0.1) is 5.69 Å². The normalized spacial score (nSPS) is 11.6. The molecule has 0 radical (unpaired) electrons. The molecule has 0 saturated carbocycles. The molecule has 0 aliphatic rings. The quantitative estimate of drug-likeness (QED) is 0.173. The molecule has 258 valence electrons. The summed E-state index contributed by atoms with van der Waals surface area (Å²) in [6.45, 7) is 0. The van der Waals surface area contributed by atoms with Gasteiger partial charge in [0, 0.05) is 38.5 Å². The van der Waals surface area contributed by atoms with Gasteiger partial charge in [0.25, 0.3) is 0 Å². The summed E-state index contributed by atoms with van der Waals surface area (Å²) >= 11 is 0. The van der Waals surface area contributed by atoms with E-state index < -0.39 is 0 Å². The molecule has 0 spiro atoms. The molecule has 3 nitrogen and oxygen atoms in total. The van der Waals surface area contributed by atoms with E-state index in [1.807, 2.05) is 24.3 Å². The maximum atomic E-state index is 6.71. The molecule has 0 amide bonds. The molecule has 9 aromatic carbocycles. The van der Waals surface area contributed by atoms with E-state index in [9.17, 15) is 0 Å². The van der Waals surface area contributed by atoms with Crippen LogP contribution in [0.4, 0.5) is 17.1 Å². The maximum Gasteiger partial charge on any atom is 0.159 e. The van der Waals surface area contributed by atoms with Gasteiger partial charge >= 0.3 is 0 Å². The van der Waals surface area contributed by atoms with Crippen LogP contribution >= 0.6 is 0 Å². The Morgan fingerprint density at radius 1 is 0.309 bits per heavy atom. The Labute approximate surface area is 317 Å². The monoisotopic (exact) mass is 703 g/mol. The lowest BCUT2D eigenvalue weighted by Crippen LogP contribution is -2.10. The minimum Gasteiger partial charge on any atom is -0.455 e. The second kappa shape index (κ2) is 12.6. The Morgan fingerprint density at radius 2 is 0.873 bits per heavy atom. The largest absolute Gasteiger partial charge is 0.455 e. The molecule has 0 bridgehead atoms. The van der Waals surface area contributed by atoms with Crippen molar-refractivity contribution in [3.8, 4) is 33.4 Å². The fourth-order valence-electron chi connectivity index (χ4n) is 8.27. The van der Waals surface area contributed by atoms with Crippen molar-refractivity contribution in [2.75, 3.05) is 4.90 Å². The molecule has 11 rings (SSSR count). The summed E-state index contributed by atoms with van der Waals surface area (Å²) in [4.78, 5) is 2.34. The van der Waals surface area contributed by atoms with Gasteiger partial charge in [0.2, 0.25) is 0 Å². The first-order valence-corrected chi connectivity index (χ1v) is 18.7. The molecule has 2 heterocycles. The van der Waals surface area contributed by atoms with Gasteiger partial charge in [0.15, 0.2) is 5.58 Å². The first-order chi connectivity index (χ1) is 27.3. The standard InChI is InChI=1S/C52H33NO2/c1-2-13-34(14-3-1)37-31-38(43-21-11-22-46-44-18-6-8-25-49(44)54-51(43)46)33-40(32-37)53(48-24-12-23-47-45-19-7-9-26-50(45)55-52(47)48)39-29-27-36(28-30-39)42-20-10-16-35-15-4-5-17-41(35)42/h1-33H. The Balaban J connectivity index is 1.17. The van der Waals surface area contributed by atoms with Crippen molar-refractivity contribution in [1.82, 2.24) is 0 Å². The molecule has 0 unspecified atom stereocenters. The number of nitrogens with zero attached hydrogens (tertiary/aromatic N) is 1. The molecule has 2 aromatic heterocycles. The summed E-state index contributed by atoms with van der Waals surface area (Å²) in [7, 11) is 0. The number of para-hydroxylation sites is 4. The van der Waals surface area contributed by atoms with Gasteiger partial charge < -0.3 is 13.7 Å². The van der Waals surface area contributed by atoms with E-state index in [4.69, 9.17) is 8.83 Å². The lowest BCUT2D eigenvalue weighted by molar-refractivity contribution is 0.669. The zero-order valence-electron chi connectivity index (χ0n) is 29.8. The molecule has 0 saturated heterocycles. The maximum absolute atomic E-state index is 6.71. The zero-order chi connectivity index (χ0) is 36.3. The third kappa shape index (κ3) is 5.20. The number of fused-ring (bicyclic) bond motifs is 7. The average molecular weight is 704 g/mol. The van der Waals surface area contributed by atoms with Crippen molar-refractivity contribution >= 4 is 71.7 Å². The second-order valence-corrected chi connectivity index (χ2v) is 14.1. The second-order valence-electron chi connectivity index (χ2n) is 14.1. The summed E-state index contributed by atoms with van der Waals surface area (Å²) in [6, 6.07) is 71.0. The molecule has 0 aliphatic heterocycles. The molecule has 55 heavy (non-hydrogen) atoms. The molecule has 0 fully saturated rings. The molecule has 3 heteroatoms. The van der Waals surface area contributed by atoms with Gasteiger partial charge in [-0.15, -0.1) is 0 Å². The smallest absolute Gasteiger partial charge is 0.159 e. The van der Waals surface area contributed by atoms with E-state index in [-0.39, 0.29) is 0 Å². The highest BCUT2D eigenvalue weighted by atomic mass is 16.3. The molecular formula is C52H33NO2. The van der Waals surface area contributed by atoms with Crippen LogP contribution in [0, 0.1) is 0 Å². The first kappa shape index (κ1) is 31.2. The van der Waals surface area contributed by atoms with E-state index >= 15 is 0 Å². The lowest BCUT2D eigenvalue weighted by Gasteiger charge is -2.27. The average Bonchev–Trinajstić information content (AvgIpc) is 3.83. The Kier molecular flexibility index (Phi) is 7.17. The highest BCUT2D eigenvalue weighted by Crippen LogP contribution is 2.46. The summed E-state index contributed by atoms with van der Waals surface area (Å²) in [5.41, 5.74) is 13.2. The summed E-state index contributed by atoms with van der Waals surface area (Å²) in [6.07, 6.45) is 0. The molecule has 11 aromatic rings. The van der Waals surface area contributed by atoms with E-state index in [2.05, 4.69) is 181 Å². The van der Waals surface area contributed by atoms with E-state index in [0.29, 0.717) is 0 Å². The van der Waals surface area contributed by atoms with Crippen molar-refractivity contribution < 1.29 is 8.83 Å². The van der Waals surface area contributed by atoms with E-state index in [1.54, 1.807) is 0 Å². The predicted molar refractivity (Wildman–Crippen MR) is 229 cm³/mol. The van der Waals surface area contributed by atoms with Crippen molar-refractivity contribution in [3.05, 3.63) is 200 Å². The van der Waals surface area contributed by atoms with Crippen LogP contribution in [0.15, 0.2) is 209 Å². The number of hydrogen-bond donors (Lipinski definition) is 0. The van der Waals surface area contributed by atoms with Crippen molar-refractivity contribution in [3.63, 3.8) is 0 Å². The van der Waals surface area contributed by atoms with Crippen molar-refractivity contribution in [2.45, 2.75) is 0 Å². The van der Waals surface area contributed by atoms with Crippen LogP contribution in [0.2, 0.25) is 0 Å². The van der Waals surface area contributed by atoms with Gasteiger partial charge in [-0.05, 0) is 87.1 Å². The van der Waals surface area contributed by atoms with Gasteiger partial charge in [0.1, 0.15) is 16.7 Å². The lowest BCUT2D eigenvalue weighted by atomic mass is 9.95. The van der Waals surface area contributed by atoms with E-state index in [0.717, 1.165) is 88.8 Å². The molecular weight excluding hydrogens is 671 g/mol. The van der Waals surface area contributed by atoms with Crippen LogP contribution in [-0.2, 0) is 0 Å². The number of rotatable bonds is 6. The van der Waals surface area contributed by atoms with Gasteiger partial charge in [-0.25, -0.2) is 0 Å². The van der Waals surface area contributed by atoms with Gasteiger partial charge in [-0.1, -0.05) is 152 Å². The fourth-order valence-corrected chi connectivity index (χ4v) is 8.27. The number of anilines is 3. The highest BCUT2D eigenvalue weighted by Gasteiger charge is 2.22. The van der Waals surface area contributed by atoms with Crippen LogP contribution in [0.5, 0.6) is 0 Å². The van der Waals surface area contributed by atoms with Gasteiger partial charge in [-0.3, -0.25) is 0 Å². The minimum absolute atomic E-state index is 0.841. The number of furan rings is 2. The topological polar surface area (TPSA) is 29.5 Å². The Hall–Kier alpha value is -7.36. The van der Waals surface area contributed by atoms with Crippen LogP contribution in [0.25, 0.3) is 88.0 Å². The van der Waals surface area contributed by atoms with Crippen LogP contribution in [0.1, 0.15) is 0 Å². The Morgan fingerprint density at radius 3 is 1.65 bits per heavy atom. The molecule has 0 atom stereocenters. The summed E-state index contributed by atoms with van der Waals surface area (Å²) in [5, 5.41) is 6.86. The summed E-state index contributed by atoms with van der Waals surface area (Å²) in [5.74, 6) is 0. The van der Waals surface area contributed by atoms with Crippen LogP contribution < -0.4 is 4.90 Å². The van der Waals surface area contributed by atoms with Crippen LogP contribution in [-0.4, -0.2) is 0 Å². The van der Waals surface area contributed by atoms with E-state index in [1.165, 1.54) is 16.3 Å². The third-order valence-corrected chi connectivity index (χ3v) is 10.8. The Bertz CT molecular complexity index is 3200. The van der Waals surface area contributed by atoms with Crippen molar-refractivity contribution in [1.29, 1.82) is 0 Å². The first-order valence-electron chi connectivity index (χ1n) is 18.7. The minimum atomic E-state index is 0.841. The molecule has 0 aliphatic carbocycles. The number of benzene rings is 9. The summed E-state index contributed by atoms with van der Waals surface area (Å²) < 4.78 is 13.3. The molecule has 0 N–H and O–H groups in total. The SMILES string of the molecule is c1ccc(-c2cc(-c3cccc4c3oc3ccccc34)cc(N(c3ccc(-c4cccc5ccccc45)cc3)c3cccc4c3oc3ccccc34)c2)cc1. The van der Waals surface area contributed by atoms with Crippen molar-refractivity contribution in [2.24, 2.45) is 0 Å². The zero-order valence-corrected chi connectivity index (χ0v) is 29.8. The van der Waals surface area contributed by atoms with Crippen LogP contribution in [0.3, 0.4) is 0 Å². The highest BCUT2D eigenvalue weighted by molar-refractivity contribution is 6.12. The predicted octanol–water partition coefficient (Wildman–Crippen LogP) is 15.1. The number of hydrogen-bond acceptors (Lipinski definition) is 3.